The Hall–Kier alpha value is -2.10. The summed E-state index contributed by atoms with van der Waals surface area (Å²) in [6.45, 7) is 10.8. The molecule has 1 rings (SSSR count). The monoisotopic (exact) mass is 338 g/mol. The van der Waals surface area contributed by atoms with Crippen molar-refractivity contribution in [1.82, 2.24) is 0 Å². The fraction of sp³-hybridized carbons (Fsp3) is 0.300. The van der Waals surface area contributed by atoms with Gasteiger partial charge in [-0.2, -0.15) is 13.2 Å². The molecule has 0 aromatic heterocycles. The zero-order chi connectivity index (χ0) is 18.5. The lowest BCUT2D eigenvalue weighted by Gasteiger charge is -2.16. The van der Waals surface area contributed by atoms with Crippen molar-refractivity contribution in [1.29, 1.82) is 0 Å². The van der Waals surface area contributed by atoms with Crippen LogP contribution in [0.15, 0.2) is 54.2 Å². The lowest BCUT2D eigenvalue weighted by atomic mass is 9.95. The average Bonchev–Trinajstić information content (AvgIpc) is 2.50. The van der Waals surface area contributed by atoms with Crippen molar-refractivity contribution in [2.24, 2.45) is 0 Å². The fourth-order valence-corrected chi connectivity index (χ4v) is 2.25. The quantitative estimate of drug-likeness (QED) is 0.307. The number of alkyl halides is 3. The summed E-state index contributed by atoms with van der Waals surface area (Å²) in [7, 11) is 0. The molecule has 0 saturated heterocycles. The van der Waals surface area contributed by atoms with Gasteiger partial charge in [0.25, 0.3) is 0 Å². The number of rotatable bonds is 5. The molecule has 0 heterocycles. The summed E-state index contributed by atoms with van der Waals surface area (Å²) in [6, 6.07) is 2.07. The number of benzene rings is 1. The molecule has 0 bridgehead atoms. The van der Waals surface area contributed by atoms with Crippen LogP contribution in [-0.2, 0) is 6.18 Å². The summed E-state index contributed by atoms with van der Waals surface area (Å²) in [4.78, 5) is 0. The van der Waals surface area contributed by atoms with Gasteiger partial charge < -0.3 is 0 Å². The highest BCUT2D eigenvalue weighted by Gasteiger charge is 2.35. The van der Waals surface area contributed by atoms with E-state index in [1.165, 1.54) is 19.1 Å². The van der Waals surface area contributed by atoms with Gasteiger partial charge in [0.2, 0.25) is 0 Å². The summed E-state index contributed by atoms with van der Waals surface area (Å²) >= 11 is 0. The number of halogens is 4. The highest BCUT2D eigenvalue weighted by atomic mass is 19.4. The van der Waals surface area contributed by atoms with Crippen LogP contribution in [0.2, 0.25) is 0 Å². The van der Waals surface area contributed by atoms with Crippen molar-refractivity contribution in [3.8, 4) is 0 Å². The first kappa shape index (κ1) is 19.9. The van der Waals surface area contributed by atoms with E-state index in [9.17, 15) is 17.6 Å². The van der Waals surface area contributed by atoms with Gasteiger partial charge in [-0.15, -0.1) is 0 Å². The van der Waals surface area contributed by atoms with Crippen LogP contribution in [0.1, 0.15) is 43.9 Å². The number of hydrogen-bond donors (Lipinski definition) is 0. The van der Waals surface area contributed by atoms with E-state index in [1.54, 1.807) is 13.0 Å². The zero-order valence-corrected chi connectivity index (χ0v) is 14.4. The molecule has 24 heavy (non-hydrogen) atoms. The van der Waals surface area contributed by atoms with Gasteiger partial charge in [-0.1, -0.05) is 48.1 Å². The molecule has 4 heteroatoms. The average molecular weight is 338 g/mol. The smallest absolute Gasteiger partial charge is 0.206 e. The molecule has 0 atom stereocenters. The van der Waals surface area contributed by atoms with Crippen LogP contribution in [0.4, 0.5) is 17.6 Å². The van der Waals surface area contributed by atoms with Crippen LogP contribution >= 0.6 is 0 Å². The van der Waals surface area contributed by atoms with Gasteiger partial charge in [0, 0.05) is 5.56 Å². The van der Waals surface area contributed by atoms with E-state index >= 15 is 0 Å². The third-order valence-electron chi connectivity index (χ3n) is 3.74. The minimum Gasteiger partial charge on any atom is -0.206 e. The van der Waals surface area contributed by atoms with Gasteiger partial charge in [0.05, 0.1) is 5.56 Å². The zero-order valence-electron chi connectivity index (χ0n) is 14.4. The lowest BCUT2D eigenvalue weighted by molar-refractivity contribution is -0.138. The number of hydrogen-bond acceptors (Lipinski definition) is 0. The molecule has 0 saturated carbocycles. The minimum atomic E-state index is -4.62. The van der Waals surface area contributed by atoms with Gasteiger partial charge in [-0.25, -0.2) is 4.39 Å². The normalized spacial score (nSPS) is 13.7. The summed E-state index contributed by atoms with van der Waals surface area (Å²) < 4.78 is 54.1. The molecule has 0 spiro atoms. The Labute approximate surface area is 140 Å². The second-order valence-electron chi connectivity index (χ2n) is 5.66. The van der Waals surface area contributed by atoms with E-state index in [-0.39, 0.29) is 11.1 Å². The maximum absolute atomic E-state index is 14.4. The molecule has 1 aromatic rings. The molecule has 0 N–H and O–H groups in total. The molecular weight excluding hydrogens is 316 g/mol. The summed E-state index contributed by atoms with van der Waals surface area (Å²) in [5, 5.41) is 0. The van der Waals surface area contributed by atoms with Crippen LogP contribution < -0.4 is 0 Å². The molecule has 0 aliphatic heterocycles. The van der Waals surface area contributed by atoms with Crippen LogP contribution in [0, 0.1) is 12.7 Å². The van der Waals surface area contributed by atoms with Crippen molar-refractivity contribution >= 4 is 5.57 Å². The molecule has 0 amide bonds. The Bertz CT molecular complexity index is 701. The molecule has 1 aromatic carbocycles. The molecule has 0 aliphatic carbocycles. The standard InChI is InChI=1S/C20H22F4/c1-6-13(3)12-14(4)8-10-16(7-2)18-17(20(22,23)24)11-9-15(5)19(18)21/h6-11H,4,12H2,1-3,5H3/b10-8-,13-6+,16-7+. The third-order valence-corrected chi connectivity index (χ3v) is 3.74. The van der Waals surface area contributed by atoms with E-state index in [4.69, 9.17) is 0 Å². The Morgan fingerprint density at radius 2 is 1.75 bits per heavy atom. The molecule has 0 unspecified atom stereocenters. The molecule has 0 radical (unpaired) electrons. The van der Waals surface area contributed by atoms with Crippen LogP contribution in [0.3, 0.4) is 0 Å². The van der Waals surface area contributed by atoms with E-state index in [0.29, 0.717) is 6.42 Å². The first-order valence-corrected chi connectivity index (χ1v) is 7.62. The van der Waals surface area contributed by atoms with E-state index in [1.807, 2.05) is 19.9 Å². The largest absolute Gasteiger partial charge is 0.417 e. The van der Waals surface area contributed by atoms with Gasteiger partial charge in [0.15, 0.2) is 0 Å². The predicted molar refractivity (Wildman–Crippen MR) is 92.1 cm³/mol. The van der Waals surface area contributed by atoms with Gasteiger partial charge in [0.1, 0.15) is 5.82 Å². The third kappa shape index (κ3) is 4.95. The van der Waals surface area contributed by atoms with Gasteiger partial charge >= 0.3 is 6.18 Å². The van der Waals surface area contributed by atoms with Gasteiger partial charge in [-0.3, -0.25) is 0 Å². The topological polar surface area (TPSA) is 0 Å². The SMILES string of the molecule is C=C(/C=C\C(=C/C)c1c(C(F)(F)F)ccc(C)c1F)C/C(C)=C/C. The molecule has 0 fully saturated rings. The Balaban J connectivity index is 3.32. The van der Waals surface area contributed by atoms with Crippen LogP contribution in [0.5, 0.6) is 0 Å². The van der Waals surface area contributed by atoms with Crippen molar-refractivity contribution < 1.29 is 17.6 Å². The first-order valence-electron chi connectivity index (χ1n) is 7.62. The fourth-order valence-electron chi connectivity index (χ4n) is 2.25. The summed E-state index contributed by atoms with van der Waals surface area (Å²) in [6.07, 6.45) is 2.52. The van der Waals surface area contributed by atoms with Crippen molar-refractivity contribution in [3.05, 3.63) is 76.7 Å². The van der Waals surface area contributed by atoms with E-state index < -0.39 is 23.1 Å². The molecule has 0 nitrogen and oxygen atoms in total. The second-order valence-corrected chi connectivity index (χ2v) is 5.66. The second kappa shape index (κ2) is 8.13. The lowest BCUT2D eigenvalue weighted by Crippen LogP contribution is -2.11. The van der Waals surface area contributed by atoms with Gasteiger partial charge in [-0.05, 0) is 51.3 Å². The maximum atomic E-state index is 14.4. The summed E-state index contributed by atoms with van der Waals surface area (Å²) in [5.74, 6) is -0.849. The highest BCUT2D eigenvalue weighted by molar-refractivity contribution is 5.77. The number of aryl methyl sites for hydroxylation is 1. The van der Waals surface area contributed by atoms with E-state index in [2.05, 4.69) is 6.58 Å². The predicted octanol–water partition coefficient (Wildman–Crippen LogP) is 7.02. The van der Waals surface area contributed by atoms with Crippen molar-refractivity contribution in [3.63, 3.8) is 0 Å². The molecular formula is C20H22F4. The molecule has 0 aliphatic rings. The van der Waals surface area contributed by atoms with Crippen molar-refractivity contribution in [2.75, 3.05) is 0 Å². The first-order chi connectivity index (χ1) is 11.1. The number of allylic oxidation sites excluding steroid dienone is 7. The molecule has 130 valence electrons. The Morgan fingerprint density at radius 3 is 2.25 bits per heavy atom. The Kier molecular flexibility index (Phi) is 6.76. The van der Waals surface area contributed by atoms with Crippen molar-refractivity contribution in [2.45, 2.75) is 40.3 Å². The Morgan fingerprint density at radius 1 is 1.12 bits per heavy atom. The maximum Gasteiger partial charge on any atom is 0.417 e. The minimum absolute atomic E-state index is 0.175. The van der Waals surface area contributed by atoms with E-state index in [0.717, 1.165) is 23.3 Å². The van der Waals surface area contributed by atoms with Crippen LogP contribution in [-0.4, -0.2) is 0 Å². The summed E-state index contributed by atoms with van der Waals surface area (Å²) in [5.41, 5.74) is 0.809. The van der Waals surface area contributed by atoms with Crippen LogP contribution in [0.25, 0.3) is 5.57 Å². The highest BCUT2D eigenvalue weighted by Crippen LogP contribution is 2.37.